The Hall–Kier alpha value is -10.7. The Balaban J connectivity index is 1.06. The van der Waals surface area contributed by atoms with Crippen LogP contribution in [-0.4, -0.2) is 24.1 Å². The van der Waals surface area contributed by atoms with Crippen molar-refractivity contribution < 1.29 is 0 Å². The molecule has 0 aliphatic heterocycles. The Morgan fingerprint density at radius 1 is 0.338 bits per heavy atom. The number of nitrogens with zero attached hydrogens (tertiary/aromatic N) is 8. The lowest BCUT2D eigenvalue weighted by molar-refractivity contribution is 1.07. The van der Waals surface area contributed by atoms with Gasteiger partial charge in [0.25, 0.3) is 0 Å². The van der Waals surface area contributed by atoms with E-state index in [0.717, 1.165) is 105 Å². The van der Waals surface area contributed by atoms with Crippen LogP contribution in [0.4, 0.5) is 11.4 Å². The van der Waals surface area contributed by atoms with E-state index in [0.29, 0.717) is 34.4 Å². The molecular formula is C66H38N8. The first kappa shape index (κ1) is 43.3. The fourth-order valence-electron chi connectivity index (χ4n) is 10.4. The molecule has 0 aliphatic carbocycles. The van der Waals surface area contributed by atoms with Crippen molar-refractivity contribution in [3.05, 3.63) is 259 Å². The van der Waals surface area contributed by atoms with Crippen molar-refractivity contribution >= 4 is 55.0 Å². The summed E-state index contributed by atoms with van der Waals surface area (Å²) >= 11 is 0. The summed E-state index contributed by atoms with van der Waals surface area (Å²) < 4.78 is 4.60. The monoisotopic (exact) mass is 942 g/mol. The van der Waals surface area contributed by atoms with Crippen LogP contribution in [-0.2, 0) is 0 Å². The van der Waals surface area contributed by atoms with Gasteiger partial charge in [-0.15, -0.1) is 0 Å². The molecule has 13 rings (SSSR count). The first-order valence-corrected chi connectivity index (χ1v) is 24.1. The molecule has 0 bridgehead atoms. The summed E-state index contributed by atoms with van der Waals surface area (Å²) in [6.45, 7) is 15.5. The van der Waals surface area contributed by atoms with Crippen molar-refractivity contribution in [1.82, 2.24) is 24.1 Å². The van der Waals surface area contributed by atoms with Gasteiger partial charge in [-0.3, -0.25) is 0 Å². The Kier molecular flexibility index (Phi) is 10.5. The Morgan fingerprint density at radius 2 is 0.716 bits per heavy atom. The summed E-state index contributed by atoms with van der Waals surface area (Å²) in [6, 6.07) is 80.0. The van der Waals surface area contributed by atoms with Gasteiger partial charge in [-0.1, -0.05) is 170 Å². The third-order valence-electron chi connectivity index (χ3n) is 13.8. The van der Waals surface area contributed by atoms with Crippen LogP contribution < -0.4 is 0 Å². The van der Waals surface area contributed by atoms with Crippen LogP contribution in [0.25, 0.3) is 132 Å². The Morgan fingerprint density at radius 3 is 1.18 bits per heavy atom. The fraction of sp³-hybridized carbons (Fsp3) is 0. The second kappa shape index (κ2) is 17.9. The average molecular weight is 943 g/mol. The quantitative estimate of drug-likeness (QED) is 0.142. The van der Waals surface area contributed by atoms with Crippen LogP contribution >= 0.6 is 0 Å². The molecule has 3 aromatic heterocycles. The molecule has 342 valence electrons. The lowest BCUT2D eigenvalue weighted by Gasteiger charge is -2.17. The third kappa shape index (κ3) is 7.42. The smallest absolute Gasteiger partial charge is 0.187 e. The summed E-state index contributed by atoms with van der Waals surface area (Å²) in [4.78, 5) is 23.4. The molecule has 0 radical (unpaired) electrons. The average Bonchev–Trinajstić information content (AvgIpc) is 4.00. The van der Waals surface area contributed by atoms with E-state index in [1.54, 1.807) is 0 Å². The molecule has 0 fully saturated rings. The van der Waals surface area contributed by atoms with E-state index < -0.39 is 0 Å². The van der Waals surface area contributed by atoms with E-state index in [2.05, 4.69) is 164 Å². The number of aromatic nitrogens is 5. The molecule has 0 N–H and O–H groups in total. The molecule has 0 amide bonds. The van der Waals surface area contributed by atoms with Crippen molar-refractivity contribution in [1.29, 1.82) is 5.26 Å². The number of fused-ring (bicyclic) bond motifs is 6. The highest BCUT2D eigenvalue weighted by atomic mass is 15.0. The molecule has 8 nitrogen and oxygen atoms in total. The normalized spacial score (nSPS) is 11.2. The van der Waals surface area contributed by atoms with E-state index in [1.165, 1.54) is 0 Å². The molecule has 8 heteroatoms. The van der Waals surface area contributed by atoms with Gasteiger partial charge in [0.05, 0.1) is 58.2 Å². The highest BCUT2D eigenvalue weighted by Crippen LogP contribution is 2.41. The molecule has 0 aliphatic rings. The predicted octanol–water partition coefficient (Wildman–Crippen LogP) is 17.0. The summed E-state index contributed by atoms with van der Waals surface area (Å²) in [6.07, 6.45) is 0. The molecule has 0 unspecified atom stereocenters. The molecular weight excluding hydrogens is 905 g/mol. The van der Waals surface area contributed by atoms with Crippen LogP contribution in [0.1, 0.15) is 5.56 Å². The largest absolute Gasteiger partial charge is 0.309 e. The highest BCUT2D eigenvalue weighted by molar-refractivity contribution is 6.11. The molecule has 0 saturated carbocycles. The number of hydrogen-bond donors (Lipinski definition) is 0. The lowest BCUT2D eigenvalue weighted by Crippen LogP contribution is -2.03. The zero-order valence-electron chi connectivity index (χ0n) is 39.5. The first-order chi connectivity index (χ1) is 36.5. The Labute approximate surface area is 426 Å². The van der Waals surface area contributed by atoms with Gasteiger partial charge < -0.3 is 9.13 Å². The van der Waals surface area contributed by atoms with Crippen LogP contribution in [0.3, 0.4) is 0 Å². The van der Waals surface area contributed by atoms with Gasteiger partial charge in [-0.2, -0.15) is 5.26 Å². The van der Waals surface area contributed by atoms with Crippen molar-refractivity contribution in [3.63, 3.8) is 0 Å². The van der Waals surface area contributed by atoms with Crippen molar-refractivity contribution in [2.45, 2.75) is 0 Å². The molecule has 10 aromatic carbocycles. The summed E-state index contributed by atoms with van der Waals surface area (Å²) in [5, 5.41) is 14.5. The summed E-state index contributed by atoms with van der Waals surface area (Å²) in [5.74, 6) is 1.44. The van der Waals surface area contributed by atoms with E-state index in [1.807, 2.05) is 91.0 Å². The van der Waals surface area contributed by atoms with Crippen LogP contribution in [0.5, 0.6) is 0 Å². The molecule has 0 spiro atoms. The number of nitriles is 1. The van der Waals surface area contributed by atoms with Gasteiger partial charge in [-0.25, -0.2) is 24.6 Å². The van der Waals surface area contributed by atoms with Gasteiger partial charge in [0.2, 0.25) is 0 Å². The lowest BCUT2D eigenvalue weighted by atomic mass is 9.98. The third-order valence-corrected chi connectivity index (χ3v) is 13.8. The topological polar surface area (TPSA) is 81.0 Å². The van der Waals surface area contributed by atoms with Gasteiger partial charge in [0, 0.05) is 49.4 Å². The number of rotatable bonds is 8. The zero-order chi connectivity index (χ0) is 49.7. The summed E-state index contributed by atoms with van der Waals surface area (Å²) in [7, 11) is 0. The predicted molar refractivity (Wildman–Crippen MR) is 298 cm³/mol. The molecule has 0 atom stereocenters. The van der Waals surface area contributed by atoms with Gasteiger partial charge >= 0.3 is 0 Å². The molecule has 3 heterocycles. The van der Waals surface area contributed by atoms with Crippen molar-refractivity contribution in [2.24, 2.45) is 0 Å². The van der Waals surface area contributed by atoms with Crippen molar-refractivity contribution in [3.8, 4) is 85.0 Å². The van der Waals surface area contributed by atoms with Gasteiger partial charge in [0.1, 0.15) is 0 Å². The second-order valence-electron chi connectivity index (χ2n) is 18.1. The van der Waals surface area contributed by atoms with Gasteiger partial charge in [0.15, 0.2) is 28.8 Å². The maximum atomic E-state index is 10.0. The zero-order valence-corrected chi connectivity index (χ0v) is 39.5. The maximum Gasteiger partial charge on any atom is 0.187 e. The molecule has 0 saturated heterocycles. The molecule has 13 aromatic rings. The van der Waals surface area contributed by atoms with E-state index in [4.69, 9.17) is 28.1 Å². The van der Waals surface area contributed by atoms with Crippen molar-refractivity contribution in [2.75, 3.05) is 0 Å². The van der Waals surface area contributed by atoms with E-state index in [9.17, 15) is 5.26 Å². The van der Waals surface area contributed by atoms with Crippen LogP contribution in [0.15, 0.2) is 231 Å². The minimum atomic E-state index is 0.477. The number of hydrogen-bond acceptors (Lipinski definition) is 4. The second-order valence-corrected chi connectivity index (χ2v) is 18.1. The molecule has 74 heavy (non-hydrogen) atoms. The first-order valence-electron chi connectivity index (χ1n) is 24.1. The standard InChI is InChI=1S/C66H38N8/c1-68-50-18-12-15-45(37-50)43-28-30-44(31-29-43)64-70-65(48-32-34-52(46-16-11-14-42(36-46)41-67)62(39-48)73-58-24-7-3-20-54(58)55-21-4-8-25-59(55)73)72-66(71-64)49-33-35-53(47-17-13-19-51(38-47)69-2)63(40-49)74-60-26-9-5-22-56(60)57-23-6-10-27-61(57)74/h3-40H. The van der Waals surface area contributed by atoms with E-state index >= 15 is 0 Å². The van der Waals surface area contributed by atoms with Crippen LogP contribution in [0, 0.1) is 24.5 Å². The minimum absolute atomic E-state index is 0.477. The van der Waals surface area contributed by atoms with E-state index in [-0.39, 0.29) is 0 Å². The Bertz CT molecular complexity index is 4190. The SMILES string of the molecule is [C-]#[N+]c1cccc(-c2ccc(-c3nc(-c4ccc(-c5cccc(C#N)c5)c(-n5c6ccccc6c6ccccc65)c4)nc(-c4ccc(-c5cccc([N+]#[C-])c5)c(-n5c6ccccc6c6ccccc65)c4)n3)cc2)c1. The van der Waals surface area contributed by atoms with Gasteiger partial charge in [-0.05, 0) is 82.9 Å². The number of para-hydroxylation sites is 4. The summed E-state index contributed by atoms with van der Waals surface area (Å²) in [5.41, 5.74) is 15.7. The highest BCUT2D eigenvalue weighted by Gasteiger charge is 2.22. The van der Waals surface area contributed by atoms with Crippen LogP contribution in [0.2, 0.25) is 0 Å². The maximum absolute atomic E-state index is 10.0. The fourth-order valence-corrected chi connectivity index (χ4v) is 10.4. The number of benzene rings is 10. The minimum Gasteiger partial charge on any atom is -0.309 e.